The quantitative estimate of drug-likeness (QED) is 0.881. The molecule has 1 aliphatic heterocycles. The first-order valence-electron chi connectivity index (χ1n) is 6.89. The van der Waals surface area contributed by atoms with Crippen molar-refractivity contribution in [3.63, 3.8) is 0 Å². The average molecular weight is 250 g/mol. The van der Waals surface area contributed by atoms with Crippen LogP contribution in [-0.4, -0.2) is 19.6 Å². The van der Waals surface area contributed by atoms with Crippen molar-refractivity contribution in [2.45, 2.75) is 33.2 Å². The van der Waals surface area contributed by atoms with Crippen LogP contribution in [0.5, 0.6) is 0 Å². The fourth-order valence-electron chi connectivity index (χ4n) is 2.73. The van der Waals surface area contributed by atoms with Gasteiger partial charge in [-0.1, -0.05) is 13.8 Å². The summed E-state index contributed by atoms with van der Waals surface area (Å²) in [6, 6.07) is 5.36. The average Bonchev–Trinajstić information content (AvgIpc) is 2.76. The Bertz CT molecular complexity index is 405. The van der Waals surface area contributed by atoms with Gasteiger partial charge in [0.2, 0.25) is 0 Å². The van der Waals surface area contributed by atoms with Crippen LogP contribution in [0.25, 0.3) is 0 Å². The van der Waals surface area contributed by atoms with Gasteiger partial charge in [0.1, 0.15) is 5.82 Å². The van der Waals surface area contributed by atoms with E-state index in [9.17, 15) is 4.39 Å². The zero-order valence-corrected chi connectivity index (χ0v) is 11.5. The number of rotatable bonds is 4. The minimum Gasteiger partial charge on any atom is -0.371 e. The molecule has 2 rings (SSSR count). The lowest BCUT2D eigenvalue weighted by Crippen LogP contribution is -2.25. The molecule has 1 N–H and O–H groups in total. The van der Waals surface area contributed by atoms with Crippen molar-refractivity contribution in [2.24, 2.45) is 5.92 Å². The van der Waals surface area contributed by atoms with Crippen LogP contribution in [0.15, 0.2) is 18.2 Å². The molecule has 0 bridgehead atoms. The third-order valence-corrected chi connectivity index (χ3v) is 3.73. The summed E-state index contributed by atoms with van der Waals surface area (Å²) in [5.41, 5.74) is 2.26. The van der Waals surface area contributed by atoms with Crippen molar-refractivity contribution in [1.29, 1.82) is 0 Å². The van der Waals surface area contributed by atoms with Gasteiger partial charge < -0.3 is 10.2 Å². The maximum absolute atomic E-state index is 13.5. The zero-order chi connectivity index (χ0) is 13.1. The second-order valence-electron chi connectivity index (χ2n) is 5.32. The number of nitrogens with one attached hydrogen (secondary N) is 1. The molecular formula is C15H23FN2. The maximum Gasteiger partial charge on any atom is 0.123 e. The largest absolute Gasteiger partial charge is 0.371 e. The highest BCUT2D eigenvalue weighted by Crippen LogP contribution is 2.31. The Labute approximate surface area is 109 Å². The van der Waals surface area contributed by atoms with Gasteiger partial charge in [0.15, 0.2) is 0 Å². The molecule has 2 nitrogen and oxygen atoms in total. The standard InChI is InChI=1S/C15H23FN2/c1-4-17-12(3)14-9-13(16)5-6-15(14)18-8-7-11(2)10-18/h5-6,9,11-12,17H,4,7-8,10H2,1-3H3. The Morgan fingerprint density at radius 1 is 1.50 bits per heavy atom. The van der Waals surface area contributed by atoms with Crippen LogP contribution in [0.3, 0.4) is 0 Å². The van der Waals surface area contributed by atoms with Gasteiger partial charge in [-0.2, -0.15) is 0 Å². The van der Waals surface area contributed by atoms with Crippen LogP contribution >= 0.6 is 0 Å². The second kappa shape index (κ2) is 5.70. The summed E-state index contributed by atoms with van der Waals surface area (Å²) in [7, 11) is 0. The van der Waals surface area contributed by atoms with E-state index in [1.807, 2.05) is 6.07 Å². The third kappa shape index (κ3) is 2.83. The SMILES string of the molecule is CCNC(C)c1cc(F)ccc1N1CCC(C)C1. The summed E-state index contributed by atoms with van der Waals surface area (Å²) in [6.45, 7) is 9.51. The van der Waals surface area contributed by atoms with Gasteiger partial charge in [0.05, 0.1) is 0 Å². The first-order chi connectivity index (χ1) is 8.61. The predicted molar refractivity (Wildman–Crippen MR) is 74.5 cm³/mol. The number of halogens is 1. The smallest absolute Gasteiger partial charge is 0.123 e. The van der Waals surface area contributed by atoms with Crippen molar-refractivity contribution < 1.29 is 4.39 Å². The molecule has 2 unspecified atom stereocenters. The molecule has 1 fully saturated rings. The van der Waals surface area contributed by atoms with E-state index in [4.69, 9.17) is 0 Å². The Hall–Kier alpha value is -1.09. The van der Waals surface area contributed by atoms with E-state index in [0.717, 1.165) is 31.1 Å². The number of anilines is 1. The predicted octanol–water partition coefficient (Wildman–Crippen LogP) is 3.34. The topological polar surface area (TPSA) is 15.3 Å². The van der Waals surface area contributed by atoms with Crippen molar-refractivity contribution in [1.82, 2.24) is 5.32 Å². The maximum atomic E-state index is 13.5. The lowest BCUT2D eigenvalue weighted by molar-refractivity contribution is 0.581. The molecular weight excluding hydrogens is 227 g/mol. The summed E-state index contributed by atoms with van der Waals surface area (Å²) in [6.07, 6.45) is 1.23. The molecule has 1 saturated heterocycles. The number of nitrogens with zero attached hydrogens (tertiary/aromatic N) is 1. The summed E-state index contributed by atoms with van der Waals surface area (Å²) in [5, 5.41) is 3.37. The first-order valence-corrected chi connectivity index (χ1v) is 6.89. The molecule has 1 aromatic rings. The monoisotopic (exact) mass is 250 g/mol. The molecule has 0 spiro atoms. The third-order valence-electron chi connectivity index (χ3n) is 3.73. The number of hydrogen-bond donors (Lipinski definition) is 1. The summed E-state index contributed by atoms with van der Waals surface area (Å²) in [4.78, 5) is 2.38. The molecule has 3 heteroatoms. The fourth-order valence-corrected chi connectivity index (χ4v) is 2.73. The van der Waals surface area contributed by atoms with Crippen LogP contribution in [0, 0.1) is 11.7 Å². The molecule has 1 aromatic carbocycles. The minimum absolute atomic E-state index is 0.147. The van der Waals surface area contributed by atoms with E-state index in [1.165, 1.54) is 12.1 Å². The molecule has 100 valence electrons. The normalized spacial score (nSPS) is 21.3. The van der Waals surface area contributed by atoms with Crippen molar-refractivity contribution in [3.05, 3.63) is 29.6 Å². The van der Waals surface area contributed by atoms with Crippen LogP contribution in [0.2, 0.25) is 0 Å². The first kappa shape index (κ1) is 13.3. The van der Waals surface area contributed by atoms with Gasteiger partial charge in [0.25, 0.3) is 0 Å². The van der Waals surface area contributed by atoms with Crippen molar-refractivity contribution >= 4 is 5.69 Å². The Balaban J connectivity index is 2.28. The van der Waals surface area contributed by atoms with Crippen molar-refractivity contribution in [3.8, 4) is 0 Å². The molecule has 1 heterocycles. The van der Waals surface area contributed by atoms with E-state index < -0.39 is 0 Å². The Morgan fingerprint density at radius 3 is 2.89 bits per heavy atom. The van der Waals surface area contributed by atoms with Gasteiger partial charge in [-0.15, -0.1) is 0 Å². The highest BCUT2D eigenvalue weighted by Gasteiger charge is 2.22. The molecule has 0 amide bonds. The van der Waals surface area contributed by atoms with Crippen LogP contribution in [-0.2, 0) is 0 Å². The van der Waals surface area contributed by atoms with E-state index in [2.05, 4.69) is 31.0 Å². The zero-order valence-electron chi connectivity index (χ0n) is 11.5. The summed E-state index contributed by atoms with van der Waals surface area (Å²) < 4.78 is 13.5. The minimum atomic E-state index is -0.147. The lowest BCUT2D eigenvalue weighted by atomic mass is 10.0. The fraction of sp³-hybridized carbons (Fsp3) is 0.600. The molecule has 0 radical (unpaired) electrons. The Morgan fingerprint density at radius 2 is 2.28 bits per heavy atom. The van der Waals surface area contributed by atoms with Gasteiger partial charge >= 0.3 is 0 Å². The van der Waals surface area contributed by atoms with E-state index >= 15 is 0 Å². The van der Waals surface area contributed by atoms with Gasteiger partial charge in [-0.25, -0.2) is 4.39 Å². The van der Waals surface area contributed by atoms with Crippen molar-refractivity contribution in [2.75, 3.05) is 24.5 Å². The molecule has 0 aliphatic carbocycles. The van der Waals surface area contributed by atoms with Crippen LogP contribution < -0.4 is 10.2 Å². The van der Waals surface area contributed by atoms with Gasteiger partial charge in [0, 0.05) is 24.8 Å². The second-order valence-corrected chi connectivity index (χ2v) is 5.32. The van der Waals surface area contributed by atoms with Crippen LogP contribution in [0.1, 0.15) is 38.8 Å². The van der Waals surface area contributed by atoms with E-state index in [1.54, 1.807) is 12.1 Å². The highest BCUT2D eigenvalue weighted by atomic mass is 19.1. The molecule has 0 saturated carbocycles. The Kier molecular flexibility index (Phi) is 4.23. The molecule has 18 heavy (non-hydrogen) atoms. The number of hydrogen-bond acceptors (Lipinski definition) is 2. The van der Waals surface area contributed by atoms with E-state index in [0.29, 0.717) is 0 Å². The van der Waals surface area contributed by atoms with Crippen LogP contribution in [0.4, 0.5) is 10.1 Å². The van der Waals surface area contributed by atoms with Gasteiger partial charge in [-0.3, -0.25) is 0 Å². The number of benzene rings is 1. The lowest BCUT2D eigenvalue weighted by Gasteiger charge is -2.25. The van der Waals surface area contributed by atoms with Gasteiger partial charge in [-0.05, 0) is 49.6 Å². The van der Waals surface area contributed by atoms with E-state index in [-0.39, 0.29) is 11.9 Å². The summed E-state index contributed by atoms with van der Waals surface area (Å²) in [5.74, 6) is 0.586. The molecule has 0 aromatic heterocycles. The molecule has 1 aliphatic rings. The molecule has 2 atom stereocenters. The highest BCUT2D eigenvalue weighted by molar-refractivity contribution is 5.55. The summed E-state index contributed by atoms with van der Waals surface area (Å²) >= 11 is 0.